The van der Waals surface area contributed by atoms with Crippen molar-refractivity contribution in [3.05, 3.63) is 30.1 Å². The maximum absolute atomic E-state index is 6.26. The molecule has 96 valence electrons. The molecule has 0 N–H and O–H groups in total. The smallest absolute Gasteiger partial charge is 0.127 e. The van der Waals surface area contributed by atoms with Crippen LogP contribution in [0.1, 0.15) is 43.8 Å². The maximum Gasteiger partial charge on any atom is 0.127 e. The summed E-state index contributed by atoms with van der Waals surface area (Å²) < 4.78 is 2.31. The van der Waals surface area contributed by atoms with E-state index in [0.29, 0.717) is 0 Å². The number of para-hydroxylation sites is 2. The molecule has 1 aliphatic rings. The van der Waals surface area contributed by atoms with Gasteiger partial charge in [0.25, 0.3) is 0 Å². The largest absolute Gasteiger partial charge is 0.327 e. The second-order valence-electron chi connectivity index (χ2n) is 5.31. The van der Waals surface area contributed by atoms with Crippen LogP contribution in [0, 0.1) is 5.92 Å². The van der Waals surface area contributed by atoms with Crippen molar-refractivity contribution in [1.29, 1.82) is 0 Å². The van der Waals surface area contributed by atoms with Crippen LogP contribution < -0.4 is 0 Å². The molecule has 0 saturated heterocycles. The molecule has 0 spiro atoms. The summed E-state index contributed by atoms with van der Waals surface area (Å²) in [6.45, 7) is 3.06. The molecule has 0 amide bonds. The Balaban J connectivity index is 1.92. The van der Waals surface area contributed by atoms with Crippen molar-refractivity contribution in [3.8, 4) is 0 Å². The van der Waals surface area contributed by atoms with Crippen LogP contribution in [0.5, 0.6) is 0 Å². The van der Waals surface area contributed by atoms with Gasteiger partial charge in [0.15, 0.2) is 0 Å². The number of hydrogen-bond donors (Lipinski definition) is 0. The van der Waals surface area contributed by atoms with Gasteiger partial charge >= 0.3 is 0 Å². The van der Waals surface area contributed by atoms with Crippen LogP contribution >= 0.6 is 11.6 Å². The summed E-state index contributed by atoms with van der Waals surface area (Å²) in [6.07, 6.45) is 5.47. The molecule has 0 aliphatic heterocycles. The molecule has 1 heterocycles. The highest BCUT2D eigenvalue weighted by atomic mass is 35.5. The second kappa shape index (κ2) is 4.93. The molecule has 18 heavy (non-hydrogen) atoms. The van der Waals surface area contributed by atoms with E-state index in [4.69, 9.17) is 11.6 Å². The number of nitrogens with zero attached hydrogens (tertiary/aromatic N) is 2. The van der Waals surface area contributed by atoms with Gasteiger partial charge in [-0.1, -0.05) is 31.4 Å². The molecular formula is C15H19ClN2. The summed E-state index contributed by atoms with van der Waals surface area (Å²) in [5.74, 6) is 1.93. The van der Waals surface area contributed by atoms with Gasteiger partial charge in [0.2, 0.25) is 0 Å². The summed E-state index contributed by atoms with van der Waals surface area (Å²) in [5.41, 5.74) is 2.29. The Labute approximate surface area is 113 Å². The molecule has 2 aromatic rings. The first-order valence-electron chi connectivity index (χ1n) is 6.85. The summed E-state index contributed by atoms with van der Waals surface area (Å²) in [5, 5.41) is -0.0289. The van der Waals surface area contributed by atoms with Crippen LogP contribution in [0.3, 0.4) is 0 Å². The Hall–Kier alpha value is -1.02. The molecule has 2 nitrogen and oxygen atoms in total. The first kappa shape index (κ1) is 12.0. The fourth-order valence-electron chi connectivity index (χ4n) is 2.73. The van der Waals surface area contributed by atoms with Crippen molar-refractivity contribution in [1.82, 2.24) is 9.55 Å². The lowest BCUT2D eigenvalue weighted by Gasteiger charge is -2.25. The summed E-state index contributed by atoms with van der Waals surface area (Å²) in [4.78, 5) is 4.66. The lowest BCUT2D eigenvalue weighted by Crippen LogP contribution is -2.15. The van der Waals surface area contributed by atoms with Crippen LogP contribution in [-0.4, -0.2) is 9.55 Å². The monoisotopic (exact) mass is 262 g/mol. The molecule has 1 aliphatic carbocycles. The highest BCUT2D eigenvalue weighted by Crippen LogP contribution is 2.31. The highest BCUT2D eigenvalue weighted by Gasteiger charge is 2.19. The molecule has 3 heteroatoms. The van der Waals surface area contributed by atoms with Crippen LogP contribution in [0.25, 0.3) is 11.0 Å². The number of hydrogen-bond acceptors (Lipinski definition) is 1. The predicted molar refractivity (Wildman–Crippen MR) is 76.0 cm³/mol. The van der Waals surface area contributed by atoms with Crippen molar-refractivity contribution in [2.45, 2.75) is 44.5 Å². The minimum atomic E-state index is -0.0289. The van der Waals surface area contributed by atoms with Crippen LogP contribution in [0.2, 0.25) is 0 Å². The molecule has 1 fully saturated rings. The number of benzene rings is 1. The lowest BCUT2D eigenvalue weighted by atomic mass is 9.83. The standard InChI is InChI=1S/C15H19ClN2/c1-11(16)15-17-13-7-2-3-8-14(13)18(15)10-9-12-5-4-6-12/h2-3,7-8,11-12H,4-6,9-10H2,1H3. The SMILES string of the molecule is CC(Cl)c1nc2ccccc2n1CCC1CCC1. The molecule has 1 saturated carbocycles. The van der Waals surface area contributed by atoms with Gasteiger partial charge in [-0.2, -0.15) is 0 Å². The number of halogens is 1. The Morgan fingerprint density at radius 1 is 1.39 bits per heavy atom. The zero-order valence-electron chi connectivity index (χ0n) is 10.8. The van der Waals surface area contributed by atoms with E-state index in [1.165, 1.54) is 31.2 Å². The van der Waals surface area contributed by atoms with E-state index < -0.39 is 0 Å². The first-order valence-corrected chi connectivity index (χ1v) is 7.28. The third kappa shape index (κ3) is 2.14. The molecule has 3 rings (SSSR count). The van der Waals surface area contributed by atoms with E-state index in [1.807, 2.05) is 13.0 Å². The average Bonchev–Trinajstić information content (AvgIpc) is 2.66. The number of aromatic nitrogens is 2. The summed E-state index contributed by atoms with van der Waals surface area (Å²) in [7, 11) is 0. The van der Waals surface area contributed by atoms with E-state index in [-0.39, 0.29) is 5.38 Å². The minimum Gasteiger partial charge on any atom is -0.327 e. The Morgan fingerprint density at radius 2 is 2.17 bits per heavy atom. The molecular weight excluding hydrogens is 244 g/mol. The quantitative estimate of drug-likeness (QED) is 0.741. The van der Waals surface area contributed by atoms with Crippen LogP contribution in [-0.2, 0) is 6.54 Å². The molecule has 1 atom stereocenters. The van der Waals surface area contributed by atoms with E-state index in [0.717, 1.165) is 23.8 Å². The molecule has 1 aromatic carbocycles. The average molecular weight is 263 g/mol. The van der Waals surface area contributed by atoms with Gasteiger partial charge in [0.05, 0.1) is 16.4 Å². The van der Waals surface area contributed by atoms with Gasteiger partial charge in [0, 0.05) is 6.54 Å². The Kier molecular flexibility index (Phi) is 3.29. The molecule has 0 bridgehead atoms. The molecule has 1 aromatic heterocycles. The summed E-state index contributed by atoms with van der Waals surface area (Å²) >= 11 is 6.26. The van der Waals surface area contributed by atoms with Gasteiger partial charge in [-0.05, 0) is 31.4 Å². The lowest BCUT2D eigenvalue weighted by molar-refractivity contribution is 0.282. The van der Waals surface area contributed by atoms with Crippen molar-refractivity contribution in [2.24, 2.45) is 5.92 Å². The van der Waals surface area contributed by atoms with E-state index in [2.05, 4.69) is 27.8 Å². The fraction of sp³-hybridized carbons (Fsp3) is 0.533. The Bertz CT molecular complexity index is 540. The fourth-order valence-corrected chi connectivity index (χ4v) is 2.89. The second-order valence-corrected chi connectivity index (χ2v) is 5.97. The van der Waals surface area contributed by atoms with Gasteiger partial charge < -0.3 is 4.57 Å². The topological polar surface area (TPSA) is 17.8 Å². The van der Waals surface area contributed by atoms with E-state index in [9.17, 15) is 0 Å². The van der Waals surface area contributed by atoms with Gasteiger partial charge in [-0.25, -0.2) is 4.98 Å². The van der Waals surface area contributed by atoms with Gasteiger partial charge in [0.1, 0.15) is 5.82 Å². The van der Waals surface area contributed by atoms with E-state index in [1.54, 1.807) is 0 Å². The van der Waals surface area contributed by atoms with Crippen molar-refractivity contribution >= 4 is 22.6 Å². The van der Waals surface area contributed by atoms with Crippen LogP contribution in [0.4, 0.5) is 0 Å². The predicted octanol–water partition coefficient (Wildman–Crippen LogP) is 4.53. The van der Waals surface area contributed by atoms with Gasteiger partial charge in [-0.3, -0.25) is 0 Å². The van der Waals surface area contributed by atoms with E-state index >= 15 is 0 Å². The molecule has 1 unspecified atom stereocenters. The Morgan fingerprint density at radius 3 is 2.83 bits per heavy atom. The summed E-state index contributed by atoms with van der Waals surface area (Å²) in [6, 6.07) is 8.32. The third-order valence-electron chi connectivity index (χ3n) is 4.03. The number of rotatable bonds is 4. The molecule has 0 radical (unpaired) electrons. The zero-order valence-corrected chi connectivity index (χ0v) is 11.5. The van der Waals surface area contributed by atoms with Crippen molar-refractivity contribution in [3.63, 3.8) is 0 Å². The van der Waals surface area contributed by atoms with Crippen molar-refractivity contribution in [2.75, 3.05) is 0 Å². The van der Waals surface area contributed by atoms with Crippen molar-refractivity contribution < 1.29 is 0 Å². The minimum absolute atomic E-state index is 0.0289. The maximum atomic E-state index is 6.26. The zero-order chi connectivity index (χ0) is 12.5. The number of fused-ring (bicyclic) bond motifs is 1. The third-order valence-corrected chi connectivity index (χ3v) is 4.22. The first-order chi connectivity index (χ1) is 8.75. The van der Waals surface area contributed by atoms with Crippen LogP contribution in [0.15, 0.2) is 24.3 Å². The normalized spacial score (nSPS) is 17.9. The number of aryl methyl sites for hydroxylation is 1. The van der Waals surface area contributed by atoms with Gasteiger partial charge in [-0.15, -0.1) is 11.6 Å². The number of imidazole rings is 1. The highest BCUT2D eigenvalue weighted by molar-refractivity contribution is 6.20. The number of alkyl halides is 1.